The number of benzene rings is 2. The van der Waals surface area contributed by atoms with Crippen LogP contribution in [0.25, 0.3) is 0 Å². The van der Waals surface area contributed by atoms with Crippen LogP contribution in [-0.4, -0.2) is 0 Å². The van der Waals surface area contributed by atoms with E-state index in [0.717, 1.165) is 5.75 Å². The van der Waals surface area contributed by atoms with E-state index in [1.807, 2.05) is 18.2 Å². The van der Waals surface area contributed by atoms with Crippen molar-refractivity contribution in [1.29, 1.82) is 0 Å². The highest BCUT2D eigenvalue weighted by Gasteiger charge is 1.97. The van der Waals surface area contributed by atoms with Crippen molar-refractivity contribution in [3.05, 3.63) is 65.7 Å². The van der Waals surface area contributed by atoms with Crippen molar-refractivity contribution in [2.45, 2.75) is 39.2 Å². The molecule has 0 aliphatic heterocycles. The van der Waals surface area contributed by atoms with Gasteiger partial charge in [0.2, 0.25) is 0 Å². The fourth-order valence-electron chi connectivity index (χ4n) is 2.07. The molecule has 0 N–H and O–H groups in total. The molecule has 2 aromatic rings. The van der Waals surface area contributed by atoms with Gasteiger partial charge in [-0.2, -0.15) is 0 Å². The first-order chi connectivity index (χ1) is 9.38. The lowest BCUT2D eigenvalue weighted by Crippen LogP contribution is -1.95. The lowest BCUT2D eigenvalue weighted by atomic mass is 10.1. The Morgan fingerprint density at radius 2 is 1.53 bits per heavy atom. The first kappa shape index (κ1) is 13.7. The predicted octanol–water partition coefficient (Wildman–Crippen LogP) is 5.00. The van der Waals surface area contributed by atoms with Gasteiger partial charge in [0.1, 0.15) is 12.4 Å². The van der Waals surface area contributed by atoms with Crippen LogP contribution in [0, 0.1) is 0 Å². The summed E-state index contributed by atoms with van der Waals surface area (Å²) in [5, 5.41) is 0. The largest absolute Gasteiger partial charge is 0.489 e. The third kappa shape index (κ3) is 4.78. The van der Waals surface area contributed by atoms with Crippen LogP contribution < -0.4 is 4.74 Å². The Morgan fingerprint density at radius 3 is 2.21 bits per heavy atom. The molecule has 0 aliphatic rings. The monoisotopic (exact) mass is 254 g/mol. The Hall–Kier alpha value is -1.76. The molecule has 0 unspecified atom stereocenters. The van der Waals surface area contributed by atoms with Gasteiger partial charge in [-0.05, 0) is 36.1 Å². The van der Waals surface area contributed by atoms with Crippen molar-refractivity contribution in [3.8, 4) is 5.75 Å². The zero-order valence-electron chi connectivity index (χ0n) is 11.6. The highest BCUT2D eigenvalue weighted by molar-refractivity contribution is 5.27. The fourth-order valence-corrected chi connectivity index (χ4v) is 2.07. The van der Waals surface area contributed by atoms with Crippen LogP contribution in [0.1, 0.15) is 37.3 Å². The van der Waals surface area contributed by atoms with Crippen molar-refractivity contribution in [3.63, 3.8) is 0 Å². The lowest BCUT2D eigenvalue weighted by molar-refractivity contribution is 0.306. The van der Waals surface area contributed by atoms with Crippen molar-refractivity contribution < 1.29 is 4.74 Å². The third-order valence-corrected chi connectivity index (χ3v) is 3.24. The summed E-state index contributed by atoms with van der Waals surface area (Å²) in [6, 6.07) is 18.8. The maximum atomic E-state index is 5.77. The van der Waals surface area contributed by atoms with Gasteiger partial charge in [0.25, 0.3) is 0 Å². The van der Waals surface area contributed by atoms with Crippen LogP contribution in [-0.2, 0) is 13.0 Å². The number of aryl methyl sites for hydroxylation is 1. The molecule has 0 bridgehead atoms. The summed E-state index contributed by atoms with van der Waals surface area (Å²) in [4.78, 5) is 0. The highest BCUT2D eigenvalue weighted by atomic mass is 16.5. The van der Waals surface area contributed by atoms with Crippen LogP contribution in [0.5, 0.6) is 5.75 Å². The molecule has 0 radical (unpaired) electrons. The summed E-state index contributed by atoms with van der Waals surface area (Å²) < 4.78 is 5.77. The average molecular weight is 254 g/mol. The maximum Gasteiger partial charge on any atom is 0.119 e. The Labute approximate surface area is 116 Å². The summed E-state index contributed by atoms with van der Waals surface area (Å²) in [5.41, 5.74) is 2.61. The van der Waals surface area contributed by atoms with Crippen molar-refractivity contribution in [2.75, 3.05) is 0 Å². The van der Waals surface area contributed by atoms with Gasteiger partial charge in [0.05, 0.1) is 0 Å². The maximum absolute atomic E-state index is 5.77. The molecule has 1 heteroatoms. The molecule has 0 aliphatic carbocycles. The summed E-state index contributed by atoms with van der Waals surface area (Å²) in [6.07, 6.45) is 5.04. The molecule has 19 heavy (non-hydrogen) atoms. The van der Waals surface area contributed by atoms with E-state index in [2.05, 4.69) is 43.3 Å². The second-order valence-corrected chi connectivity index (χ2v) is 4.88. The molecule has 0 spiro atoms. The Balaban J connectivity index is 1.81. The van der Waals surface area contributed by atoms with Crippen LogP contribution in [0.4, 0.5) is 0 Å². The van der Waals surface area contributed by atoms with E-state index in [4.69, 9.17) is 4.74 Å². The summed E-state index contributed by atoms with van der Waals surface area (Å²) in [6.45, 7) is 2.87. The SMILES string of the molecule is CCCCCc1ccc(OCc2ccccc2)cc1. The number of ether oxygens (including phenoxy) is 1. The Morgan fingerprint density at radius 1 is 0.789 bits per heavy atom. The molecule has 0 saturated heterocycles. The number of hydrogen-bond donors (Lipinski definition) is 0. The zero-order chi connectivity index (χ0) is 13.3. The molecular formula is C18H22O. The molecule has 0 atom stereocenters. The van der Waals surface area contributed by atoms with E-state index in [-0.39, 0.29) is 0 Å². The smallest absolute Gasteiger partial charge is 0.119 e. The fraction of sp³-hybridized carbons (Fsp3) is 0.333. The van der Waals surface area contributed by atoms with Crippen LogP contribution in [0.3, 0.4) is 0 Å². The minimum atomic E-state index is 0.635. The lowest BCUT2D eigenvalue weighted by Gasteiger charge is -2.07. The Kier molecular flexibility index (Phi) is 5.49. The molecule has 0 heterocycles. The van der Waals surface area contributed by atoms with Crippen molar-refractivity contribution in [2.24, 2.45) is 0 Å². The van der Waals surface area contributed by atoms with Crippen LogP contribution in [0.2, 0.25) is 0 Å². The van der Waals surface area contributed by atoms with Crippen molar-refractivity contribution >= 4 is 0 Å². The first-order valence-electron chi connectivity index (χ1n) is 7.14. The number of rotatable bonds is 7. The molecule has 2 rings (SSSR count). The number of hydrogen-bond acceptors (Lipinski definition) is 1. The van der Waals surface area contributed by atoms with E-state index in [1.54, 1.807) is 0 Å². The van der Waals surface area contributed by atoms with E-state index >= 15 is 0 Å². The summed E-state index contributed by atoms with van der Waals surface area (Å²) in [7, 11) is 0. The topological polar surface area (TPSA) is 9.23 Å². The van der Waals surface area contributed by atoms with Gasteiger partial charge in [-0.25, -0.2) is 0 Å². The van der Waals surface area contributed by atoms with Gasteiger partial charge in [-0.3, -0.25) is 0 Å². The minimum absolute atomic E-state index is 0.635. The van der Waals surface area contributed by atoms with Gasteiger partial charge in [-0.15, -0.1) is 0 Å². The highest BCUT2D eigenvalue weighted by Crippen LogP contribution is 2.15. The zero-order valence-corrected chi connectivity index (χ0v) is 11.6. The standard InChI is InChI=1S/C18H22O/c1-2-3-5-8-16-11-13-18(14-12-16)19-15-17-9-6-4-7-10-17/h4,6-7,9-14H,2-3,5,8,15H2,1H3. The second-order valence-electron chi connectivity index (χ2n) is 4.88. The van der Waals surface area contributed by atoms with E-state index in [0.29, 0.717) is 6.61 Å². The average Bonchev–Trinajstić information content (AvgIpc) is 2.48. The van der Waals surface area contributed by atoms with Crippen LogP contribution in [0.15, 0.2) is 54.6 Å². The first-order valence-corrected chi connectivity index (χ1v) is 7.14. The van der Waals surface area contributed by atoms with Gasteiger partial charge in [-0.1, -0.05) is 62.2 Å². The van der Waals surface area contributed by atoms with Gasteiger partial charge >= 0.3 is 0 Å². The Bertz CT molecular complexity index is 459. The minimum Gasteiger partial charge on any atom is -0.489 e. The van der Waals surface area contributed by atoms with Gasteiger partial charge < -0.3 is 4.74 Å². The molecule has 0 amide bonds. The summed E-state index contributed by atoms with van der Waals surface area (Å²) in [5.74, 6) is 0.947. The van der Waals surface area contributed by atoms with Gasteiger partial charge in [0, 0.05) is 0 Å². The van der Waals surface area contributed by atoms with E-state index in [1.165, 1.54) is 36.8 Å². The van der Waals surface area contributed by atoms with Crippen molar-refractivity contribution in [1.82, 2.24) is 0 Å². The van der Waals surface area contributed by atoms with E-state index in [9.17, 15) is 0 Å². The van der Waals surface area contributed by atoms with Gasteiger partial charge in [0.15, 0.2) is 0 Å². The third-order valence-electron chi connectivity index (χ3n) is 3.24. The molecule has 0 fully saturated rings. The molecule has 0 aromatic heterocycles. The number of unbranched alkanes of at least 4 members (excludes halogenated alkanes) is 2. The summed E-state index contributed by atoms with van der Waals surface area (Å²) >= 11 is 0. The quantitative estimate of drug-likeness (QED) is 0.632. The molecule has 1 nitrogen and oxygen atoms in total. The molecule has 100 valence electrons. The predicted molar refractivity (Wildman–Crippen MR) is 80.4 cm³/mol. The normalized spacial score (nSPS) is 10.4. The van der Waals surface area contributed by atoms with Crippen LogP contribution >= 0.6 is 0 Å². The molecule has 0 saturated carbocycles. The van der Waals surface area contributed by atoms with E-state index < -0.39 is 0 Å². The molecule has 2 aromatic carbocycles. The molecular weight excluding hydrogens is 232 g/mol. The second kappa shape index (κ2) is 7.63.